The van der Waals surface area contributed by atoms with Crippen LogP contribution >= 0.6 is 11.3 Å². The van der Waals surface area contributed by atoms with Crippen molar-refractivity contribution in [2.75, 3.05) is 18.0 Å². The predicted molar refractivity (Wildman–Crippen MR) is 102 cm³/mol. The van der Waals surface area contributed by atoms with Gasteiger partial charge in [0.1, 0.15) is 22.8 Å². The number of hydrogen-bond acceptors (Lipinski definition) is 6. The Bertz CT molecular complexity index is 890. The van der Waals surface area contributed by atoms with E-state index in [1.165, 1.54) is 19.2 Å². The van der Waals surface area contributed by atoms with Gasteiger partial charge in [0.2, 0.25) is 0 Å². The second-order valence-electron chi connectivity index (χ2n) is 6.15. The molecular weight excluding hydrogens is 346 g/mol. The highest BCUT2D eigenvalue weighted by molar-refractivity contribution is 7.13. The van der Waals surface area contributed by atoms with Gasteiger partial charge in [-0.05, 0) is 12.8 Å². The van der Waals surface area contributed by atoms with Crippen molar-refractivity contribution < 1.29 is 4.79 Å². The first-order chi connectivity index (χ1) is 12.8. The largest absolute Gasteiger partial charge is 0.357 e. The molecule has 1 aliphatic rings. The zero-order valence-electron chi connectivity index (χ0n) is 14.3. The number of nitrogens with one attached hydrogen (secondary N) is 1. The average Bonchev–Trinajstić information content (AvgIpc) is 3.39. The van der Waals surface area contributed by atoms with Crippen molar-refractivity contribution in [3.63, 3.8) is 0 Å². The molecule has 132 valence electrons. The van der Waals surface area contributed by atoms with Crippen molar-refractivity contribution in [2.24, 2.45) is 0 Å². The number of anilines is 1. The molecule has 4 rings (SSSR count). The lowest BCUT2D eigenvalue weighted by molar-refractivity contribution is 0.0945. The van der Waals surface area contributed by atoms with Crippen molar-refractivity contribution in [1.82, 2.24) is 20.3 Å². The third kappa shape index (κ3) is 3.72. The number of carbonyl (C=O) groups is 1. The molecule has 0 radical (unpaired) electrons. The van der Waals surface area contributed by atoms with Gasteiger partial charge in [-0.1, -0.05) is 30.3 Å². The lowest BCUT2D eigenvalue weighted by Gasteiger charge is -2.16. The maximum Gasteiger partial charge on any atom is 0.270 e. The van der Waals surface area contributed by atoms with Crippen molar-refractivity contribution >= 4 is 23.1 Å². The van der Waals surface area contributed by atoms with Gasteiger partial charge in [-0.2, -0.15) is 0 Å². The quantitative estimate of drug-likeness (QED) is 0.752. The van der Waals surface area contributed by atoms with Crippen LogP contribution in [0.15, 0.2) is 48.1 Å². The van der Waals surface area contributed by atoms with Crippen molar-refractivity contribution in [3.05, 3.63) is 59.5 Å². The van der Waals surface area contributed by atoms with Crippen LogP contribution in [0.4, 0.5) is 5.82 Å². The van der Waals surface area contributed by atoms with Gasteiger partial charge in [0.25, 0.3) is 5.91 Å². The molecule has 0 bridgehead atoms. The van der Waals surface area contributed by atoms with Gasteiger partial charge in [-0.3, -0.25) is 4.79 Å². The molecule has 1 amide bonds. The van der Waals surface area contributed by atoms with Crippen LogP contribution in [0.1, 0.15) is 29.0 Å². The van der Waals surface area contributed by atoms with Crippen molar-refractivity contribution in [3.8, 4) is 10.6 Å². The Morgan fingerprint density at radius 3 is 2.77 bits per heavy atom. The Morgan fingerprint density at radius 2 is 1.96 bits per heavy atom. The van der Waals surface area contributed by atoms with E-state index in [-0.39, 0.29) is 5.91 Å². The van der Waals surface area contributed by atoms with E-state index in [0.717, 1.165) is 35.2 Å². The maximum atomic E-state index is 12.4. The fourth-order valence-corrected chi connectivity index (χ4v) is 3.78. The Hall–Kier alpha value is -2.80. The van der Waals surface area contributed by atoms with E-state index in [1.54, 1.807) is 17.4 Å². The Morgan fingerprint density at radius 1 is 1.15 bits per heavy atom. The van der Waals surface area contributed by atoms with Crippen LogP contribution in [0.5, 0.6) is 0 Å². The van der Waals surface area contributed by atoms with Crippen LogP contribution in [0.25, 0.3) is 10.6 Å². The molecule has 7 heteroatoms. The molecule has 1 aromatic carbocycles. The van der Waals surface area contributed by atoms with E-state index in [2.05, 4.69) is 25.2 Å². The first-order valence-corrected chi connectivity index (χ1v) is 9.52. The molecule has 1 saturated heterocycles. The summed E-state index contributed by atoms with van der Waals surface area (Å²) in [5.74, 6) is 0.616. The molecule has 1 N–H and O–H groups in total. The molecule has 0 atom stereocenters. The number of rotatable bonds is 5. The van der Waals surface area contributed by atoms with Crippen LogP contribution in [0, 0.1) is 0 Å². The summed E-state index contributed by atoms with van der Waals surface area (Å²) in [7, 11) is 0. The lowest BCUT2D eigenvalue weighted by Crippen LogP contribution is -2.25. The third-order valence-electron chi connectivity index (χ3n) is 4.32. The summed E-state index contributed by atoms with van der Waals surface area (Å²) in [6, 6.07) is 11.8. The fourth-order valence-electron chi connectivity index (χ4n) is 2.95. The van der Waals surface area contributed by atoms with Crippen LogP contribution < -0.4 is 10.2 Å². The molecule has 0 unspecified atom stereocenters. The summed E-state index contributed by atoms with van der Waals surface area (Å²) in [6.45, 7) is 2.35. The number of thiazole rings is 1. The molecule has 26 heavy (non-hydrogen) atoms. The number of nitrogens with zero attached hydrogens (tertiary/aromatic N) is 4. The van der Waals surface area contributed by atoms with E-state index in [4.69, 9.17) is 0 Å². The van der Waals surface area contributed by atoms with Gasteiger partial charge in [0.05, 0.1) is 12.2 Å². The number of aromatic nitrogens is 3. The SMILES string of the molecule is O=C(NCc1csc(-c2ccccc2)n1)c1cc(N2CCCC2)ncn1. The van der Waals surface area contributed by atoms with E-state index in [1.807, 2.05) is 35.7 Å². The first kappa shape index (κ1) is 16.7. The van der Waals surface area contributed by atoms with Gasteiger partial charge in [0.15, 0.2) is 0 Å². The van der Waals surface area contributed by atoms with Crippen LogP contribution in [-0.2, 0) is 6.54 Å². The smallest absolute Gasteiger partial charge is 0.270 e. The topological polar surface area (TPSA) is 71.0 Å². The predicted octanol–water partition coefficient (Wildman–Crippen LogP) is 3.13. The van der Waals surface area contributed by atoms with E-state index < -0.39 is 0 Å². The number of benzene rings is 1. The maximum absolute atomic E-state index is 12.4. The van der Waals surface area contributed by atoms with E-state index >= 15 is 0 Å². The van der Waals surface area contributed by atoms with Crippen molar-refractivity contribution in [2.45, 2.75) is 19.4 Å². The third-order valence-corrected chi connectivity index (χ3v) is 5.26. The summed E-state index contributed by atoms with van der Waals surface area (Å²) in [5.41, 5.74) is 2.32. The Kier molecular flexibility index (Phi) is 4.88. The molecule has 0 saturated carbocycles. The highest BCUT2D eigenvalue weighted by atomic mass is 32.1. The highest BCUT2D eigenvalue weighted by Crippen LogP contribution is 2.23. The molecule has 1 aliphatic heterocycles. The van der Waals surface area contributed by atoms with Crippen LogP contribution in [-0.4, -0.2) is 33.9 Å². The van der Waals surface area contributed by atoms with Gasteiger partial charge < -0.3 is 10.2 Å². The zero-order valence-corrected chi connectivity index (χ0v) is 15.1. The first-order valence-electron chi connectivity index (χ1n) is 8.64. The van der Waals surface area contributed by atoms with Gasteiger partial charge in [0, 0.05) is 30.1 Å². The second-order valence-corrected chi connectivity index (χ2v) is 7.01. The molecule has 3 heterocycles. The van der Waals surface area contributed by atoms with E-state index in [0.29, 0.717) is 12.2 Å². The normalized spacial score (nSPS) is 13.8. The van der Waals surface area contributed by atoms with Crippen LogP contribution in [0.2, 0.25) is 0 Å². The molecule has 2 aromatic heterocycles. The Labute approximate surface area is 155 Å². The number of amides is 1. The second kappa shape index (κ2) is 7.61. The highest BCUT2D eigenvalue weighted by Gasteiger charge is 2.16. The number of carbonyl (C=O) groups excluding carboxylic acids is 1. The molecule has 1 fully saturated rings. The minimum absolute atomic E-state index is 0.206. The summed E-state index contributed by atoms with van der Waals surface area (Å²) in [4.78, 5) is 27.6. The Balaban J connectivity index is 1.40. The average molecular weight is 365 g/mol. The zero-order chi connectivity index (χ0) is 17.8. The fraction of sp³-hybridized carbons (Fsp3) is 0.263. The van der Waals surface area contributed by atoms with E-state index in [9.17, 15) is 4.79 Å². The molecule has 6 nitrogen and oxygen atoms in total. The summed E-state index contributed by atoms with van der Waals surface area (Å²) < 4.78 is 0. The lowest BCUT2D eigenvalue weighted by atomic mass is 10.2. The standard InChI is InChI=1S/C19H19N5OS/c25-18(16-10-17(22-13-21-16)24-8-4-5-9-24)20-11-15-12-26-19(23-15)14-6-2-1-3-7-14/h1-3,6-7,10,12-13H,4-5,8-9,11H2,(H,20,25). The van der Waals surface area contributed by atoms with Gasteiger partial charge in [-0.25, -0.2) is 15.0 Å². The molecule has 3 aromatic rings. The monoisotopic (exact) mass is 365 g/mol. The van der Waals surface area contributed by atoms with Crippen LogP contribution in [0.3, 0.4) is 0 Å². The minimum atomic E-state index is -0.206. The molecule has 0 aliphatic carbocycles. The minimum Gasteiger partial charge on any atom is -0.357 e. The van der Waals surface area contributed by atoms with Gasteiger partial charge in [-0.15, -0.1) is 11.3 Å². The summed E-state index contributed by atoms with van der Waals surface area (Å²) >= 11 is 1.57. The number of hydrogen-bond donors (Lipinski definition) is 1. The summed E-state index contributed by atoms with van der Waals surface area (Å²) in [5, 5.41) is 5.82. The molecule has 0 spiro atoms. The van der Waals surface area contributed by atoms with Gasteiger partial charge >= 0.3 is 0 Å². The molecular formula is C19H19N5OS. The summed E-state index contributed by atoms with van der Waals surface area (Å²) in [6.07, 6.45) is 3.79. The van der Waals surface area contributed by atoms with Crippen molar-refractivity contribution in [1.29, 1.82) is 0 Å².